The Morgan fingerprint density at radius 2 is 2.12 bits per heavy atom. The van der Waals surface area contributed by atoms with Gasteiger partial charge in [0.2, 0.25) is 0 Å². The van der Waals surface area contributed by atoms with Crippen molar-refractivity contribution in [2.75, 3.05) is 10.7 Å². The molecule has 6 heteroatoms. The van der Waals surface area contributed by atoms with Crippen LogP contribution in [0.2, 0.25) is 0 Å². The van der Waals surface area contributed by atoms with Gasteiger partial charge in [0.1, 0.15) is 6.34 Å². The van der Waals surface area contributed by atoms with E-state index in [9.17, 15) is 4.39 Å². The predicted octanol–water partition coefficient (Wildman–Crippen LogP) is 0.867. The minimum absolute atomic E-state index is 0.191. The van der Waals surface area contributed by atoms with Crippen molar-refractivity contribution >= 4 is 17.7 Å². The van der Waals surface area contributed by atoms with E-state index in [4.69, 9.17) is 17.4 Å². The van der Waals surface area contributed by atoms with Crippen molar-refractivity contribution in [2.45, 2.75) is 18.8 Å². The number of rotatable bonds is 3. The van der Waals surface area contributed by atoms with Crippen LogP contribution >= 0.6 is 0 Å². The molecule has 0 heterocycles. The predicted molar refractivity (Wildman–Crippen MR) is 62.1 cm³/mol. The molecule has 0 unspecified atom stereocenters. The topological polar surface area (TPSA) is 93.7 Å². The molecule has 0 amide bonds. The molecule has 1 aliphatic rings. The summed E-state index contributed by atoms with van der Waals surface area (Å²) in [5.74, 6) is 10.5. The van der Waals surface area contributed by atoms with Gasteiger partial charge in [-0.3, -0.25) is 5.01 Å². The Hall–Kier alpha value is -1.82. The van der Waals surface area contributed by atoms with Gasteiger partial charge in [-0.15, -0.1) is 0 Å². The largest absolute Gasteiger partial charge is 0.399 e. The molecule has 5 nitrogen and oxygen atoms in total. The second kappa shape index (κ2) is 3.97. The van der Waals surface area contributed by atoms with E-state index < -0.39 is 0 Å². The molecule has 0 aromatic heterocycles. The molecular weight excluding hydrogens is 209 g/mol. The number of anilines is 2. The van der Waals surface area contributed by atoms with E-state index in [1.807, 2.05) is 0 Å². The number of hydrogen-bond acceptors (Lipinski definition) is 4. The van der Waals surface area contributed by atoms with Crippen molar-refractivity contribution in [1.29, 1.82) is 0 Å². The van der Waals surface area contributed by atoms with Crippen molar-refractivity contribution < 1.29 is 4.39 Å². The number of halogens is 1. The normalized spacial score (nSPS) is 15.6. The molecule has 2 rings (SSSR count). The molecule has 1 aliphatic carbocycles. The first kappa shape index (κ1) is 10.7. The monoisotopic (exact) mass is 223 g/mol. The van der Waals surface area contributed by atoms with Gasteiger partial charge in [-0.25, -0.2) is 10.2 Å². The maximum absolute atomic E-state index is 14.0. The van der Waals surface area contributed by atoms with Gasteiger partial charge in [-0.1, -0.05) is 0 Å². The Morgan fingerprint density at radius 1 is 1.44 bits per heavy atom. The molecule has 16 heavy (non-hydrogen) atoms. The zero-order valence-electron chi connectivity index (χ0n) is 8.73. The van der Waals surface area contributed by atoms with Crippen molar-refractivity contribution in [2.24, 2.45) is 16.8 Å². The average molecular weight is 223 g/mol. The lowest BCUT2D eigenvalue weighted by molar-refractivity contribution is 0.610. The van der Waals surface area contributed by atoms with Crippen molar-refractivity contribution in [1.82, 2.24) is 0 Å². The van der Waals surface area contributed by atoms with Gasteiger partial charge >= 0.3 is 0 Å². The molecule has 86 valence electrons. The summed E-state index contributed by atoms with van der Waals surface area (Å²) in [7, 11) is 0. The van der Waals surface area contributed by atoms with Crippen LogP contribution in [0.5, 0.6) is 0 Å². The molecule has 1 aromatic rings. The zero-order chi connectivity index (χ0) is 11.7. The highest BCUT2D eigenvalue weighted by molar-refractivity contribution is 5.79. The van der Waals surface area contributed by atoms with Gasteiger partial charge in [0.25, 0.3) is 0 Å². The fraction of sp³-hybridized carbons (Fsp3) is 0.300. The van der Waals surface area contributed by atoms with E-state index in [2.05, 4.69) is 5.10 Å². The number of benzene rings is 1. The molecule has 0 spiro atoms. The molecule has 1 aromatic carbocycles. The molecular formula is C10H14FN5. The van der Waals surface area contributed by atoms with Crippen LogP contribution < -0.4 is 22.4 Å². The highest BCUT2D eigenvalue weighted by Gasteiger charge is 2.28. The summed E-state index contributed by atoms with van der Waals surface area (Å²) in [6, 6.07) is 3.12. The van der Waals surface area contributed by atoms with Gasteiger partial charge in [0.15, 0.2) is 5.82 Å². The van der Waals surface area contributed by atoms with E-state index in [0.29, 0.717) is 11.3 Å². The summed E-state index contributed by atoms with van der Waals surface area (Å²) < 4.78 is 14.0. The first-order valence-electron chi connectivity index (χ1n) is 4.99. The van der Waals surface area contributed by atoms with Crippen LogP contribution in [0.4, 0.5) is 15.8 Å². The van der Waals surface area contributed by atoms with Gasteiger partial charge in [0.05, 0.1) is 5.69 Å². The Balaban J connectivity index is 2.43. The number of hydrogen-bond donors (Lipinski definition) is 3. The second-order valence-electron chi connectivity index (χ2n) is 3.89. The Labute approximate surface area is 92.7 Å². The van der Waals surface area contributed by atoms with Crippen LogP contribution in [0.15, 0.2) is 17.2 Å². The summed E-state index contributed by atoms with van der Waals surface area (Å²) in [4.78, 5) is 0. The second-order valence-corrected chi connectivity index (χ2v) is 3.89. The lowest BCUT2D eigenvalue weighted by Crippen LogP contribution is -2.30. The summed E-state index contributed by atoms with van der Waals surface area (Å²) in [5, 5.41) is 4.27. The SMILES string of the molecule is N/N=C\N(N)c1cc(N)cc(C2CC2)c1F. The highest BCUT2D eigenvalue weighted by atomic mass is 19.1. The first-order chi connectivity index (χ1) is 7.63. The van der Waals surface area contributed by atoms with Gasteiger partial charge in [-0.2, -0.15) is 5.10 Å². The first-order valence-corrected chi connectivity index (χ1v) is 4.99. The van der Waals surface area contributed by atoms with E-state index >= 15 is 0 Å². The third-order valence-electron chi connectivity index (χ3n) is 2.59. The summed E-state index contributed by atoms with van der Waals surface area (Å²) >= 11 is 0. The molecule has 0 aliphatic heterocycles. The fourth-order valence-corrected chi connectivity index (χ4v) is 1.67. The van der Waals surface area contributed by atoms with Crippen LogP contribution in [0.3, 0.4) is 0 Å². The van der Waals surface area contributed by atoms with E-state index in [0.717, 1.165) is 24.2 Å². The number of nitrogen functional groups attached to an aromatic ring is 1. The quantitative estimate of drug-likeness (QED) is 0.233. The fourth-order valence-electron chi connectivity index (χ4n) is 1.67. The summed E-state index contributed by atoms with van der Waals surface area (Å²) in [5.41, 5.74) is 7.00. The van der Waals surface area contributed by atoms with Gasteiger partial charge in [-0.05, 0) is 36.5 Å². The Bertz CT molecular complexity index is 427. The van der Waals surface area contributed by atoms with Crippen LogP contribution in [0, 0.1) is 5.82 Å². The number of nitrogens with zero attached hydrogens (tertiary/aromatic N) is 2. The lowest BCUT2D eigenvalue weighted by atomic mass is 10.1. The third kappa shape index (κ3) is 1.92. The Kier molecular flexibility index (Phi) is 2.66. The third-order valence-corrected chi connectivity index (χ3v) is 2.59. The van der Waals surface area contributed by atoms with E-state index in [1.165, 1.54) is 6.07 Å². The standard InChI is InChI=1S/C10H14FN5/c11-10-8(6-1-2-6)3-7(12)4-9(10)16(14)5-15-13/h3-6H,1-2,12-14H2/b15-5-. The highest BCUT2D eigenvalue weighted by Crippen LogP contribution is 2.43. The zero-order valence-corrected chi connectivity index (χ0v) is 8.73. The molecule has 1 saturated carbocycles. The molecule has 0 saturated heterocycles. The summed E-state index contributed by atoms with van der Waals surface area (Å²) in [6.45, 7) is 0. The number of nitrogens with two attached hydrogens (primary N) is 3. The van der Waals surface area contributed by atoms with Crippen LogP contribution in [0.25, 0.3) is 0 Å². The van der Waals surface area contributed by atoms with E-state index in [-0.39, 0.29) is 17.4 Å². The van der Waals surface area contributed by atoms with Gasteiger partial charge in [0, 0.05) is 5.69 Å². The minimum atomic E-state index is -0.348. The van der Waals surface area contributed by atoms with Crippen LogP contribution in [-0.2, 0) is 0 Å². The van der Waals surface area contributed by atoms with Crippen molar-refractivity contribution in [3.63, 3.8) is 0 Å². The summed E-state index contributed by atoms with van der Waals surface area (Å²) in [6.07, 6.45) is 3.12. The number of hydrazine groups is 1. The molecule has 0 radical (unpaired) electrons. The van der Waals surface area contributed by atoms with Crippen LogP contribution in [0.1, 0.15) is 24.3 Å². The molecule has 6 N–H and O–H groups in total. The van der Waals surface area contributed by atoms with Gasteiger partial charge < -0.3 is 11.6 Å². The maximum atomic E-state index is 14.0. The lowest BCUT2D eigenvalue weighted by Gasteiger charge is -2.16. The molecule has 0 bridgehead atoms. The Morgan fingerprint density at radius 3 is 2.69 bits per heavy atom. The average Bonchev–Trinajstić information content (AvgIpc) is 3.05. The molecule has 0 atom stereocenters. The van der Waals surface area contributed by atoms with Crippen molar-refractivity contribution in [3.05, 3.63) is 23.5 Å². The maximum Gasteiger partial charge on any atom is 0.151 e. The number of hydrazone groups is 1. The van der Waals surface area contributed by atoms with Crippen LogP contribution in [-0.4, -0.2) is 6.34 Å². The minimum Gasteiger partial charge on any atom is -0.399 e. The van der Waals surface area contributed by atoms with Crippen molar-refractivity contribution in [3.8, 4) is 0 Å². The molecule has 1 fully saturated rings. The van der Waals surface area contributed by atoms with E-state index in [1.54, 1.807) is 6.07 Å². The smallest absolute Gasteiger partial charge is 0.151 e.